The third-order valence-corrected chi connectivity index (χ3v) is 3.59. The molecule has 0 radical (unpaired) electrons. The minimum absolute atomic E-state index is 0.213. The molecule has 0 saturated carbocycles. The average molecular weight is 364 g/mol. The molecule has 7 heteroatoms. The van der Waals surface area contributed by atoms with Crippen LogP contribution in [0.4, 0.5) is 13.2 Å². The van der Waals surface area contributed by atoms with Crippen molar-refractivity contribution in [3.8, 4) is 5.75 Å². The highest BCUT2D eigenvalue weighted by Gasteiger charge is 2.29. The van der Waals surface area contributed by atoms with E-state index >= 15 is 0 Å². The van der Waals surface area contributed by atoms with E-state index in [2.05, 4.69) is 10.5 Å². The van der Waals surface area contributed by atoms with E-state index < -0.39 is 17.6 Å². The van der Waals surface area contributed by atoms with Gasteiger partial charge in [0.25, 0.3) is 5.91 Å². The lowest BCUT2D eigenvalue weighted by atomic mass is 10.1. The summed E-state index contributed by atoms with van der Waals surface area (Å²) in [5, 5.41) is 3.72. The first-order valence-electron chi connectivity index (χ1n) is 7.86. The molecule has 0 unspecified atom stereocenters. The number of amides is 1. The standard InChI is InChI=1S/C19H19F3N2O2/c1-12-8-13(2)18(14(3)9-12)26-11-17(25)24-23-10-15-4-6-16(7-5-15)19(20,21)22/h4-10H,11H2,1-3H3,(H,24,25)/b23-10-. The highest BCUT2D eigenvalue weighted by molar-refractivity contribution is 5.83. The number of aryl methyl sites for hydroxylation is 3. The lowest BCUT2D eigenvalue weighted by Gasteiger charge is -2.12. The summed E-state index contributed by atoms with van der Waals surface area (Å²) in [6.45, 7) is 5.56. The average Bonchev–Trinajstić information content (AvgIpc) is 2.53. The zero-order valence-electron chi connectivity index (χ0n) is 14.6. The highest BCUT2D eigenvalue weighted by atomic mass is 19.4. The Kier molecular flexibility index (Phi) is 6.02. The fourth-order valence-electron chi connectivity index (χ4n) is 2.50. The minimum atomic E-state index is -4.38. The first-order valence-corrected chi connectivity index (χ1v) is 7.86. The number of carbonyl (C=O) groups is 1. The maximum atomic E-state index is 12.5. The summed E-state index contributed by atoms with van der Waals surface area (Å²) in [5.74, 6) is 0.185. The maximum absolute atomic E-state index is 12.5. The van der Waals surface area contributed by atoms with Crippen LogP contribution < -0.4 is 10.2 Å². The molecule has 0 bridgehead atoms. The Bertz CT molecular complexity index is 790. The summed E-state index contributed by atoms with van der Waals surface area (Å²) >= 11 is 0. The molecular formula is C19H19F3N2O2. The van der Waals surface area contributed by atoms with Crippen molar-refractivity contribution in [3.05, 3.63) is 64.2 Å². The van der Waals surface area contributed by atoms with Gasteiger partial charge in [-0.2, -0.15) is 18.3 Å². The maximum Gasteiger partial charge on any atom is 0.416 e. The van der Waals surface area contributed by atoms with Crippen molar-refractivity contribution >= 4 is 12.1 Å². The lowest BCUT2D eigenvalue weighted by molar-refractivity contribution is -0.137. The molecule has 1 amide bonds. The van der Waals surface area contributed by atoms with Crippen LogP contribution in [-0.2, 0) is 11.0 Å². The summed E-state index contributed by atoms with van der Waals surface area (Å²) in [7, 11) is 0. The largest absolute Gasteiger partial charge is 0.483 e. The zero-order valence-corrected chi connectivity index (χ0v) is 14.6. The van der Waals surface area contributed by atoms with Gasteiger partial charge >= 0.3 is 6.18 Å². The topological polar surface area (TPSA) is 50.7 Å². The van der Waals surface area contributed by atoms with Crippen molar-refractivity contribution in [2.24, 2.45) is 5.10 Å². The SMILES string of the molecule is Cc1cc(C)c(OCC(=O)N/N=C\c2ccc(C(F)(F)F)cc2)c(C)c1. The monoisotopic (exact) mass is 364 g/mol. The Labute approximate surface area is 149 Å². The van der Waals surface area contributed by atoms with Gasteiger partial charge in [-0.1, -0.05) is 29.8 Å². The van der Waals surface area contributed by atoms with Crippen LogP contribution in [0.3, 0.4) is 0 Å². The molecule has 0 atom stereocenters. The van der Waals surface area contributed by atoms with Crippen LogP contribution in [0, 0.1) is 20.8 Å². The van der Waals surface area contributed by atoms with Crippen molar-refractivity contribution in [2.45, 2.75) is 26.9 Å². The second-order valence-corrected chi connectivity index (χ2v) is 5.93. The molecule has 1 N–H and O–H groups in total. The molecule has 0 aliphatic carbocycles. The number of nitrogens with one attached hydrogen (secondary N) is 1. The Hall–Kier alpha value is -2.83. The molecule has 2 aromatic rings. The van der Waals surface area contributed by atoms with Crippen molar-refractivity contribution in [1.29, 1.82) is 0 Å². The van der Waals surface area contributed by atoms with E-state index in [1.54, 1.807) is 0 Å². The first kappa shape index (κ1) is 19.5. The van der Waals surface area contributed by atoms with Gasteiger partial charge in [0.15, 0.2) is 6.61 Å². The van der Waals surface area contributed by atoms with E-state index in [1.807, 2.05) is 32.9 Å². The molecule has 26 heavy (non-hydrogen) atoms. The molecular weight excluding hydrogens is 345 g/mol. The predicted octanol–water partition coefficient (Wildman–Crippen LogP) is 4.16. The number of nitrogens with zero attached hydrogens (tertiary/aromatic N) is 1. The van der Waals surface area contributed by atoms with Gasteiger partial charge in [0.1, 0.15) is 5.75 Å². The number of hydrazone groups is 1. The van der Waals surface area contributed by atoms with Crippen molar-refractivity contribution in [2.75, 3.05) is 6.61 Å². The van der Waals surface area contributed by atoms with E-state index in [0.29, 0.717) is 11.3 Å². The van der Waals surface area contributed by atoms with Gasteiger partial charge in [0, 0.05) is 0 Å². The molecule has 0 aliphatic heterocycles. The molecule has 2 aromatic carbocycles. The lowest BCUT2D eigenvalue weighted by Crippen LogP contribution is -2.25. The number of rotatable bonds is 5. The number of hydrogen-bond acceptors (Lipinski definition) is 3. The van der Waals surface area contributed by atoms with Crippen LogP contribution in [0.15, 0.2) is 41.5 Å². The fraction of sp³-hybridized carbons (Fsp3) is 0.263. The van der Waals surface area contributed by atoms with Crippen molar-refractivity contribution in [1.82, 2.24) is 5.43 Å². The van der Waals surface area contributed by atoms with E-state index in [1.165, 1.54) is 18.3 Å². The zero-order chi connectivity index (χ0) is 19.3. The molecule has 0 spiro atoms. The van der Waals surface area contributed by atoms with Crippen molar-refractivity contribution in [3.63, 3.8) is 0 Å². The number of carbonyl (C=O) groups excluding carboxylic acids is 1. The minimum Gasteiger partial charge on any atom is -0.483 e. The van der Waals surface area contributed by atoms with Crippen molar-refractivity contribution < 1.29 is 22.7 Å². The molecule has 0 heterocycles. The summed E-state index contributed by atoms with van der Waals surface area (Å²) in [4.78, 5) is 11.8. The Morgan fingerprint density at radius 1 is 1.12 bits per heavy atom. The third-order valence-electron chi connectivity index (χ3n) is 3.59. The fourth-order valence-corrected chi connectivity index (χ4v) is 2.50. The number of halogens is 3. The highest BCUT2D eigenvalue weighted by Crippen LogP contribution is 2.28. The van der Waals surface area contributed by atoms with E-state index in [0.717, 1.165) is 28.8 Å². The number of ether oxygens (including phenoxy) is 1. The van der Waals surface area contributed by atoms with Crippen LogP contribution in [-0.4, -0.2) is 18.7 Å². The number of alkyl halides is 3. The Balaban J connectivity index is 1.88. The molecule has 138 valence electrons. The third kappa shape index (κ3) is 5.34. The van der Waals surface area contributed by atoms with E-state index in [9.17, 15) is 18.0 Å². The molecule has 2 rings (SSSR count). The molecule has 0 fully saturated rings. The van der Waals surface area contributed by atoms with Crippen LogP contribution in [0.1, 0.15) is 27.8 Å². The summed E-state index contributed by atoms with van der Waals surface area (Å²) in [6, 6.07) is 8.37. The summed E-state index contributed by atoms with van der Waals surface area (Å²) in [5.41, 5.74) is 4.95. The molecule has 0 aromatic heterocycles. The quantitative estimate of drug-likeness (QED) is 0.640. The first-order chi connectivity index (χ1) is 12.2. The van der Waals surface area contributed by atoms with Crippen LogP contribution in [0.25, 0.3) is 0 Å². The Morgan fingerprint density at radius 3 is 2.23 bits per heavy atom. The Morgan fingerprint density at radius 2 is 1.69 bits per heavy atom. The van der Waals surface area contributed by atoms with Gasteiger partial charge in [-0.05, 0) is 49.6 Å². The molecule has 0 saturated heterocycles. The summed E-state index contributed by atoms with van der Waals surface area (Å²) < 4.78 is 43.0. The molecule has 4 nitrogen and oxygen atoms in total. The van der Waals surface area contributed by atoms with E-state index in [-0.39, 0.29) is 6.61 Å². The van der Waals surface area contributed by atoms with Crippen LogP contribution in [0.2, 0.25) is 0 Å². The van der Waals surface area contributed by atoms with Gasteiger partial charge in [0.05, 0.1) is 11.8 Å². The van der Waals surface area contributed by atoms with Gasteiger partial charge in [0.2, 0.25) is 0 Å². The van der Waals surface area contributed by atoms with Gasteiger partial charge in [-0.15, -0.1) is 0 Å². The van der Waals surface area contributed by atoms with Gasteiger partial charge in [-0.25, -0.2) is 5.43 Å². The molecule has 0 aliphatic rings. The predicted molar refractivity (Wildman–Crippen MR) is 93.3 cm³/mol. The van der Waals surface area contributed by atoms with Gasteiger partial charge < -0.3 is 4.74 Å². The summed E-state index contributed by atoms with van der Waals surface area (Å²) in [6.07, 6.45) is -3.12. The van der Waals surface area contributed by atoms with E-state index in [4.69, 9.17) is 4.74 Å². The van der Waals surface area contributed by atoms with Crippen LogP contribution >= 0.6 is 0 Å². The number of benzene rings is 2. The van der Waals surface area contributed by atoms with Gasteiger partial charge in [-0.3, -0.25) is 4.79 Å². The second-order valence-electron chi connectivity index (χ2n) is 5.93. The second kappa shape index (κ2) is 8.03. The van der Waals surface area contributed by atoms with Crippen LogP contribution in [0.5, 0.6) is 5.75 Å². The smallest absolute Gasteiger partial charge is 0.416 e. The normalized spacial score (nSPS) is 11.6. The number of hydrogen-bond donors (Lipinski definition) is 1.